The fraction of sp³-hybridized carbons (Fsp3) is 0.233. The molecule has 0 atom stereocenters. The van der Waals surface area contributed by atoms with Crippen molar-refractivity contribution in [1.29, 1.82) is 0 Å². The molecule has 1 aliphatic heterocycles. The maximum Gasteiger partial charge on any atom is 0.323 e. The number of H-pyrrole nitrogens is 2. The molecule has 0 saturated carbocycles. The molecule has 11 nitrogen and oxygen atoms in total. The Labute approximate surface area is 237 Å². The Hall–Kier alpha value is -5.03. The molecule has 0 radical (unpaired) electrons. The SMILES string of the molecule is COc1cc(NC(=O)Nc2ccc(-c3cc(-c4nc5ccc(N6CCN(C)CC6)cc5[nH]4)[nH]n3)cc2)cc(OC)c1. The average molecular weight is 553 g/mol. The van der Waals surface area contributed by atoms with Gasteiger partial charge in [-0.15, -0.1) is 0 Å². The number of ether oxygens (including phenoxy) is 2. The molecule has 0 aliphatic carbocycles. The molecule has 4 N–H and O–H groups in total. The van der Waals surface area contributed by atoms with E-state index in [0.717, 1.165) is 60.0 Å². The fourth-order valence-corrected chi connectivity index (χ4v) is 4.87. The van der Waals surface area contributed by atoms with Crippen LogP contribution < -0.4 is 25.0 Å². The highest BCUT2D eigenvalue weighted by Gasteiger charge is 2.16. The molecule has 0 bridgehead atoms. The van der Waals surface area contributed by atoms with E-state index in [1.807, 2.05) is 30.3 Å². The lowest BCUT2D eigenvalue weighted by Gasteiger charge is -2.34. The first-order valence-corrected chi connectivity index (χ1v) is 13.4. The van der Waals surface area contributed by atoms with Crippen molar-refractivity contribution >= 4 is 34.1 Å². The Morgan fingerprint density at radius 1 is 0.854 bits per heavy atom. The van der Waals surface area contributed by atoms with Crippen molar-refractivity contribution in [3.8, 4) is 34.3 Å². The number of anilines is 3. The highest BCUT2D eigenvalue weighted by atomic mass is 16.5. The maximum atomic E-state index is 12.6. The van der Waals surface area contributed by atoms with Gasteiger partial charge in [-0.25, -0.2) is 9.78 Å². The summed E-state index contributed by atoms with van der Waals surface area (Å²) in [4.78, 5) is 25.5. The van der Waals surface area contributed by atoms with E-state index in [2.05, 4.69) is 60.9 Å². The molecule has 5 aromatic rings. The monoisotopic (exact) mass is 552 g/mol. The quantitative estimate of drug-likeness (QED) is 0.223. The van der Waals surface area contributed by atoms with Gasteiger partial charge in [0.1, 0.15) is 17.2 Å². The second kappa shape index (κ2) is 11.2. The molecule has 6 rings (SSSR count). The average Bonchev–Trinajstić information content (AvgIpc) is 3.65. The number of piperazine rings is 1. The molecule has 0 unspecified atom stereocenters. The fourth-order valence-electron chi connectivity index (χ4n) is 4.87. The van der Waals surface area contributed by atoms with Crippen LogP contribution in [-0.2, 0) is 0 Å². The standard InChI is InChI=1S/C30H32N8O3/c1-37-10-12-38(13-11-37)22-8-9-25-27(16-22)34-29(33-25)28-18-26(35-36-28)19-4-6-20(7-5-19)31-30(39)32-21-14-23(40-2)17-24(15-21)41-3/h4-9,14-18H,10-13H2,1-3H3,(H,33,34)(H,35,36)(H2,31,32,39). The molecule has 2 amide bonds. The van der Waals surface area contributed by atoms with E-state index in [-0.39, 0.29) is 6.03 Å². The lowest BCUT2D eigenvalue weighted by molar-refractivity contribution is 0.262. The predicted octanol–water partition coefficient (Wildman–Crippen LogP) is 5.03. The molecule has 41 heavy (non-hydrogen) atoms. The molecule has 1 fully saturated rings. The van der Waals surface area contributed by atoms with Crippen LogP contribution in [0.2, 0.25) is 0 Å². The minimum absolute atomic E-state index is 0.379. The lowest BCUT2D eigenvalue weighted by Crippen LogP contribution is -2.44. The molecule has 11 heteroatoms. The van der Waals surface area contributed by atoms with Gasteiger partial charge in [-0.2, -0.15) is 5.10 Å². The number of aromatic amines is 2. The van der Waals surface area contributed by atoms with E-state index >= 15 is 0 Å². The summed E-state index contributed by atoms with van der Waals surface area (Å²) in [6.07, 6.45) is 0. The summed E-state index contributed by atoms with van der Waals surface area (Å²) in [5.41, 5.74) is 6.79. The first kappa shape index (κ1) is 26.2. The number of likely N-dealkylation sites (N-methyl/N-ethyl adjacent to an activating group) is 1. The van der Waals surface area contributed by atoms with E-state index in [1.54, 1.807) is 32.4 Å². The van der Waals surface area contributed by atoms with Gasteiger partial charge in [-0.3, -0.25) is 5.10 Å². The largest absolute Gasteiger partial charge is 0.497 e. The third-order valence-corrected chi connectivity index (χ3v) is 7.21. The van der Waals surface area contributed by atoms with Crippen molar-refractivity contribution in [3.63, 3.8) is 0 Å². The number of carbonyl (C=O) groups is 1. The Morgan fingerprint density at radius 3 is 2.27 bits per heavy atom. The van der Waals surface area contributed by atoms with Gasteiger partial charge in [0.05, 0.1) is 30.9 Å². The number of aromatic nitrogens is 4. The van der Waals surface area contributed by atoms with Gasteiger partial charge in [0.25, 0.3) is 0 Å². The van der Waals surface area contributed by atoms with Crippen molar-refractivity contribution in [2.75, 3.05) is 63.0 Å². The van der Waals surface area contributed by atoms with E-state index in [1.165, 1.54) is 5.69 Å². The molecular weight excluding hydrogens is 520 g/mol. The van der Waals surface area contributed by atoms with Gasteiger partial charge in [0.2, 0.25) is 0 Å². The summed E-state index contributed by atoms with van der Waals surface area (Å²) in [6, 6.07) is 20.6. The first-order chi connectivity index (χ1) is 20.0. The van der Waals surface area contributed by atoms with Crippen LogP contribution in [0.15, 0.2) is 66.7 Å². The number of nitrogens with one attached hydrogen (secondary N) is 4. The van der Waals surface area contributed by atoms with E-state index in [0.29, 0.717) is 22.9 Å². The number of hydrogen-bond donors (Lipinski definition) is 4. The zero-order chi connectivity index (χ0) is 28.3. The van der Waals surface area contributed by atoms with Crippen LogP contribution in [-0.4, -0.2) is 78.5 Å². The minimum atomic E-state index is -0.379. The summed E-state index contributed by atoms with van der Waals surface area (Å²) < 4.78 is 10.5. The molecule has 3 aromatic carbocycles. The normalized spacial score (nSPS) is 13.8. The second-order valence-corrected chi connectivity index (χ2v) is 10.0. The van der Waals surface area contributed by atoms with Crippen LogP contribution >= 0.6 is 0 Å². The Kier molecular flexibility index (Phi) is 7.17. The summed E-state index contributed by atoms with van der Waals surface area (Å²) in [5, 5.41) is 13.2. The van der Waals surface area contributed by atoms with Gasteiger partial charge in [-0.1, -0.05) is 12.1 Å². The molecular formula is C30H32N8O3. The number of methoxy groups -OCH3 is 2. The van der Waals surface area contributed by atoms with Crippen LogP contribution in [0.25, 0.3) is 33.8 Å². The topological polar surface area (TPSA) is 123 Å². The zero-order valence-corrected chi connectivity index (χ0v) is 23.2. The smallest absolute Gasteiger partial charge is 0.323 e. The van der Waals surface area contributed by atoms with Crippen LogP contribution in [0, 0.1) is 0 Å². The van der Waals surface area contributed by atoms with Crippen molar-refractivity contribution in [1.82, 2.24) is 25.1 Å². The summed E-state index contributed by atoms with van der Waals surface area (Å²) in [7, 11) is 5.28. The molecule has 0 spiro atoms. The first-order valence-electron chi connectivity index (χ1n) is 13.4. The van der Waals surface area contributed by atoms with Gasteiger partial charge in [-0.05, 0) is 43.4 Å². The van der Waals surface area contributed by atoms with E-state index in [9.17, 15) is 4.79 Å². The summed E-state index contributed by atoms with van der Waals surface area (Å²) in [5.74, 6) is 1.90. The van der Waals surface area contributed by atoms with Crippen LogP contribution in [0.5, 0.6) is 11.5 Å². The van der Waals surface area contributed by atoms with Gasteiger partial charge < -0.3 is 34.9 Å². The third kappa shape index (κ3) is 5.80. The Bertz CT molecular complexity index is 1650. The number of carbonyl (C=O) groups excluding carboxylic acids is 1. The van der Waals surface area contributed by atoms with E-state index in [4.69, 9.17) is 14.5 Å². The van der Waals surface area contributed by atoms with Crippen LogP contribution in [0.1, 0.15) is 0 Å². The van der Waals surface area contributed by atoms with Gasteiger partial charge >= 0.3 is 6.03 Å². The number of hydrogen-bond acceptors (Lipinski definition) is 7. The van der Waals surface area contributed by atoms with Crippen molar-refractivity contribution < 1.29 is 14.3 Å². The number of fused-ring (bicyclic) bond motifs is 1. The third-order valence-electron chi connectivity index (χ3n) is 7.21. The Balaban J connectivity index is 1.12. The maximum absolute atomic E-state index is 12.6. The van der Waals surface area contributed by atoms with Crippen LogP contribution in [0.3, 0.4) is 0 Å². The predicted molar refractivity (Wildman–Crippen MR) is 161 cm³/mol. The highest BCUT2D eigenvalue weighted by molar-refractivity contribution is 6.00. The van der Waals surface area contributed by atoms with Crippen molar-refractivity contribution in [2.24, 2.45) is 0 Å². The molecule has 210 valence electrons. The molecule has 2 aromatic heterocycles. The number of imidazole rings is 1. The van der Waals surface area contributed by atoms with Gasteiger partial charge in [0.15, 0.2) is 5.82 Å². The number of benzene rings is 3. The molecule has 1 saturated heterocycles. The summed E-state index contributed by atoms with van der Waals surface area (Å²) >= 11 is 0. The molecule has 3 heterocycles. The van der Waals surface area contributed by atoms with Crippen molar-refractivity contribution in [3.05, 3.63) is 66.7 Å². The highest BCUT2D eigenvalue weighted by Crippen LogP contribution is 2.28. The summed E-state index contributed by atoms with van der Waals surface area (Å²) in [6.45, 7) is 4.16. The van der Waals surface area contributed by atoms with Crippen LogP contribution in [0.4, 0.5) is 21.9 Å². The number of rotatable bonds is 7. The number of urea groups is 1. The number of nitrogens with zero attached hydrogens (tertiary/aromatic N) is 4. The van der Waals surface area contributed by atoms with Gasteiger partial charge in [0, 0.05) is 67.0 Å². The molecule has 1 aliphatic rings. The zero-order valence-electron chi connectivity index (χ0n) is 23.2. The number of amides is 2. The lowest BCUT2D eigenvalue weighted by atomic mass is 10.1. The minimum Gasteiger partial charge on any atom is -0.497 e. The van der Waals surface area contributed by atoms with E-state index < -0.39 is 0 Å². The Morgan fingerprint density at radius 2 is 1.56 bits per heavy atom. The van der Waals surface area contributed by atoms with Crippen molar-refractivity contribution in [2.45, 2.75) is 0 Å². The second-order valence-electron chi connectivity index (χ2n) is 10.0.